The molecule has 4 aromatic rings. The number of carbonyl (C=O) groups is 2. The highest BCUT2D eigenvalue weighted by Crippen LogP contribution is 2.43. The first-order valence-electron chi connectivity index (χ1n) is 16.0. The molecule has 3 aliphatic rings. The second kappa shape index (κ2) is 13.0. The van der Waals surface area contributed by atoms with E-state index in [9.17, 15) is 19.8 Å². The van der Waals surface area contributed by atoms with E-state index in [2.05, 4.69) is 11.8 Å². The van der Waals surface area contributed by atoms with E-state index < -0.39 is 11.9 Å². The maximum atomic E-state index is 13.2. The van der Waals surface area contributed by atoms with Gasteiger partial charge in [0.25, 0.3) is 11.8 Å². The normalized spacial score (nSPS) is 24.4. The lowest BCUT2D eigenvalue weighted by molar-refractivity contribution is -0.277. The van der Waals surface area contributed by atoms with Crippen LogP contribution < -0.4 is 4.90 Å². The minimum Gasteiger partial charge on any atom is -0.392 e. The van der Waals surface area contributed by atoms with Gasteiger partial charge in [0.1, 0.15) is 0 Å². The van der Waals surface area contributed by atoms with Gasteiger partial charge in [-0.25, -0.2) is 4.90 Å². The highest BCUT2D eigenvalue weighted by atomic mass is 35.5. The number of imide groups is 1. The van der Waals surface area contributed by atoms with Crippen LogP contribution in [0.25, 0.3) is 0 Å². The summed E-state index contributed by atoms with van der Waals surface area (Å²) >= 11 is 6.08. The van der Waals surface area contributed by atoms with Crippen LogP contribution in [0.1, 0.15) is 75.1 Å². The molecule has 3 aliphatic heterocycles. The average molecular weight is 653 g/mol. The van der Waals surface area contributed by atoms with E-state index in [-0.39, 0.29) is 36.5 Å². The van der Waals surface area contributed by atoms with Gasteiger partial charge in [0.15, 0.2) is 6.29 Å². The minimum atomic E-state index is -0.909. The fraction of sp³-hybridized carbons (Fsp3) is 0.316. The lowest BCUT2D eigenvalue weighted by Crippen LogP contribution is -2.49. The van der Waals surface area contributed by atoms with Crippen molar-refractivity contribution in [1.82, 2.24) is 4.90 Å². The number of carbonyl (C=O) groups excluding carboxylic acids is 2. The Kier molecular flexibility index (Phi) is 8.74. The Balaban J connectivity index is 1.13. The smallest absolute Gasteiger partial charge is 0.266 e. The molecule has 242 valence electrons. The number of ether oxygens (including phenoxy) is 2. The molecule has 2 fully saturated rings. The fourth-order valence-corrected chi connectivity index (χ4v) is 7.10. The summed E-state index contributed by atoms with van der Waals surface area (Å²) in [7, 11) is 0. The summed E-state index contributed by atoms with van der Waals surface area (Å²) in [5.41, 5.74) is 3.68. The summed E-state index contributed by atoms with van der Waals surface area (Å²) in [6.45, 7) is 4.11. The van der Waals surface area contributed by atoms with Crippen molar-refractivity contribution in [3.63, 3.8) is 0 Å². The summed E-state index contributed by atoms with van der Waals surface area (Å²) in [6.07, 6.45) is -0.121. The van der Waals surface area contributed by atoms with Gasteiger partial charge in [-0.3, -0.25) is 9.59 Å². The average Bonchev–Trinajstić information content (AvgIpc) is 3.36. The second-order valence-electron chi connectivity index (χ2n) is 12.7. The molecule has 47 heavy (non-hydrogen) atoms. The quantitative estimate of drug-likeness (QED) is 0.223. The van der Waals surface area contributed by atoms with Gasteiger partial charge >= 0.3 is 0 Å². The summed E-state index contributed by atoms with van der Waals surface area (Å²) in [6, 6.07) is 29.3. The molecule has 2 amide bonds. The topological polar surface area (TPSA) is 99.5 Å². The number of likely N-dealkylation sites (tertiary alicyclic amines) is 1. The zero-order chi connectivity index (χ0) is 32.7. The number of hydrogen-bond acceptors (Lipinski definition) is 7. The van der Waals surface area contributed by atoms with Crippen LogP contribution in [0, 0.1) is 5.92 Å². The molecule has 2 saturated heterocycles. The van der Waals surface area contributed by atoms with Crippen LogP contribution in [0.15, 0.2) is 97.1 Å². The van der Waals surface area contributed by atoms with Crippen LogP contribution in [-0.2, 0) is 21.7 Å². The summed E-state index contributed by atoms with van der Waals surface area (Å²) in [5.74, 6) is -0.738. The van der Waals surface area contributed by atoms with Gasteiger partial charge in [-0.15, -0.1) is 0 Å². The van der Waals surface area contributed by atoms with Crippen molar-refractivity contribution in [2.75, 3.05) is 24.5 Å². The van der Waals surface area contributed by atoms with Crippen molar-refractivity contribution in [1.29, 1.82) is 0 Å². The number of fused-ring (bicyclic) bond motifs is 1. The van der Waals surface area contributed by atoms with E-state index in [0.717, 1.165) is 16.7 Å². The molecule has 4 aromatic carbocycles. The first kappa shape index (κ1) is 31.7. The van der Waals surface area contributed by atoms with Gasteiger partial charge in [-0.2, -0.15) is 0 Å². The summed E-state index contributed by atoms with van der Waals surface area (Å²) < 4.78 is 13.4. The number of nitrogens with zero attached hydrogens (tertiary/aromatic N) is 2. The number of piperidine rings is 1. The molecule has 2 N–H and O–H groups in total. The second-order valence-corrected chi connectivity index (χ2v) is 13.2. The predicted molar refractivity (Wildman–Crippen MR) is 178 cm³/mol. The third-order valence-corrected chi connectivity index (χ3v) is 10.1. The van der Waals surface area contributed by atoms with E-state index in [1.165, 1.54) is 4.90 Å². The van der Waals surface area contributed by atoms with Gasteiger partial charge in [0, 0.05) is 36.1 Å². The Bertz CT molecular complexity index is 1730. The van der Waals surface area contributed by atoms with Gasteiger partial charge < -0.3 is 24.6 Å². The molecule has 0 aliphatic carbocycles. The number of aliphatic hydroxyl groups is 2. The van der Waals surface area contributed by atoms with E-state index in [1.54, 1.807) is 42.5 Å². The molecule has 0 radical (unpaired) electrons. The van der Waals surface area contributed by atoms with Crippen LogP contribution in [0.4, 0.5) is 5.69 Å². The van der Waals surface area contributed by atoms with E-state index >= 15 is 0 Å². The Morgan fingerprint density at radius 3 is 2.13 bits per heavy atom. The van der Waals surface area contributed by atoms with Crippen molar-refractivity contribution in [3.05, 3.63) is 135 Å². The molecule has 9 heteroatoms. The van der Waals surface area contributed by atoms with E-state index in [1.807, 2.05) is 54.6 Å². The van der Waals surface area contributed by atoms with Gasteiger partial charge in [0.2, 0.25) is 0 Å². The van der Waals surface area contributed by atoms with Crippen LogP contribution >= 0.6 is 11.6 Å². The Labute approximate surface area is 279 Å². The summed E-state index contributed by atoms with van der Waals surface area (Å²) in [5, 5.41) is 21.7. The van der Waals surface area contributed by atoms with Crippen LogP contribution in [0.5, 0.6) is 0 Å². The number of aliphatic hydroxyl groups excluding tert-OH is 1. The van der Waals surface area contributed by atoms with Crippen LogP contribution in [-0.4, -0.2) is 52.7 Å². The Morgan fingerprint density at radius 2 is 1.49 bits per heavy atom. The molecular formula is C38H37ClN2O6. The fourth-order valence-electron chi connectivity index (χ4n) is 6.97. The number of hydrogen-bond donors (Lipinski definition) is 2. The van der Waals surface area contributed by atoms with Crippen molar-refractivity contribution in [3.8, 4) is 0 Å². The van der Waals surface area contributed by atoms with Crippen molar-refractivity contribution in [2.24, 2.45) is 5.92 Å². The van der Waals surface area contributed by atoms with Gasteiger partial charge in [-0.1, -0.05) is 79.2 Å². The van der Waals surface area contributed by atoms with Crippen molar-refractivity contribution < 1.29 is 29.3 Å². The molecule has 7 rings (SSSR count). The molecular weight excluding hydrogens is 616 g/mol. The third kappa shape index (κ3) is 6.13. The van der Waals surface area contributed by atoms with E-state index in [0.29, 0.717) is 59.9 Å². The highest BCUT2D eigenvalue weighted by Gasteiger charge is 2.42. The SMILES string of the molecule is C[C@H]1[C@@H](CN2CCC(O)(c3ccc(Cl)cc3)CC2)O[C@@H](c2cccc(N3C(=O)c4ccccc4C3=O)c2)O[C@H]1c1ccc(CO)cc1. The molecule has 3 heterocycles. The zero-order valence-corrected chi connectivity index (χ0v) is 26.8. The lowest BCUT2D eigenvalue weighted by atomic mass is 9.84. The molecule has 4 atom stereocenters. The lowest BCUT2D eigenvalue weighted by Gasteiger charge is -2.45. The first-order valence-corrected chi connectivity index (χ1v) is 16.4. The monoisotopic (exact) mass is 652 g/mol. The third-order valence-electron chi connectivity index (χ3n) is 9.82. The van der Waals surface area contributed by atoms with E-state index in [4.69, 9.17) is 21.1 Å². The number of benzene rings is 4. The number of halogens is 1. The number of anilines is 1. The van der Waals surface area contributed by atoms with Gasteiger partial charge in [0.05, 0.1) is 41.2 Å². The summed E-state index contributed by atoms with van der Waals surface area (Å²) in [4.78, 5) is 30.0. The maximum absolute atomic E-state index is 13.2. The first-order chi connectivity index (χ1) is 22.7. The van der Waals surface area contributed by atoms with Crippen molar-refractivity contribution >= 4 is 29.1 Å². The predicted octanol–water partition coefficient (Wildman–Crippen LogP) is 6.41. The zero-order valence-electron chi connectivity index (χ0n) is 26.1. The molecule has 0 bridgehead atoms. The molecule has 0 saturated carbocycles. The van der Waals surface area contributed by atoms with Crippen molar-refractivity contribution in [2.45, 2.75) is 50.5 Å². The minimum absolute atomic E-state index is 0.0253. The molecule has 0 spiro atoms. The van der Waals surface area contributed by atoms with Gasteiger partial charge in [-0.05, 0) is 65.9 Å². The Hall–Kier alpha value is -3.89. The van der Waals surface area contributed by atoms with Crippen LogP contribution in [0.2, 0.25) is 5.02 Å². The standard InChI is InChI=1S/C38H37ClN2O6/c1-24-33(22-40-19-17-38(45,18-20-40)28-13-15-29(39)16-14-28)46-37(47-34(24)26-11-9-25(23-42)10-12-26)27-5-4-6-30(21-27)41-35(43)31-7-2-3-8-32(31)36(41)44/h2-16,21,24,33-34,37,42,45H,17-20,22-23H2,1H3/t24-,33+,34+,37+/m0/s1. The Morgan fingerprint density at radius 1 is 0.830 bits per heavy atom. The highest BCUT2D eigenvalue weighted by molar-refractivity contribution is 6.34. The largest absolute Gasteiger partial charge is 0.392 e. The molecule has 8 nitrogen and oxygen atoms in total. The number of amides is 2. The number of rotatable bonds is 7. The molecule has 0 unspecified atom stereocenters. The van der Waals surface area contributed by atoms with Crippen LogP contribution in [0.3, 0.4) is 0 Å². The maximum Gasteiger partial charge on any atom is 0.266 e. The molecule has 0 aromatic heterocycles.